The third kappa shape index (κ3) is 2.27. The Morgan fingerprint density at radius 1 is 1.33 bits per heavy atom. The first kappa shape index (κ1) is 13.1. The molecule has 0 fully saturated rings. The number of carbonyl (C=O) groups is 1. The van der Waals surface area contributed by atoms with E-state index >= 15 is 0 Å². The van der Waals surface area contributed by atoms with Crippen molar-refractivity contribution in [2.45, 2.75) is 32.6 Å². The predicted octanol–water partition coefficient (Wildman–Crippen LogP) is 2.33. The number of benzene rings is 1. The van der Waals surface area contributed by atoms with E-state index in [1.807, 2.05) is 19.2 Å². The maximum atomic E-state index is 11.6. The van der Waals surface area contributed by atoms with Crippen LogP contribution in [0.25, 0.3) is 0 Å². The highest BCUT2D eigenvalue weighted by molar-refractivity contribution is 5.95. The number of aliphatic hydroxyl groups is 1. The molecule has 1 unspecified atom stereocenters. The summed E-state index contributed by atoms with van der Waals surface area (Å²) in [5, 5.41) is 9.48. The van der Waals surface area contributed by atoms with Crippen LogP contribution in [0.1, 0.15) is 37.3 Å². The number of rotatable bonds is 3. The highest BCUT2D eigenvalue weighted by atomic mass is 16.3. The summed E-state index contributed by atoms with van der Waals surface area (Å²) in [7, 11) is 1.83. The molecule has 1 amide bonds. The van der Waals surface area contributed by atoms with Gasteiger partial charge in [-0.3, -0.25) is 4.79 Å². The molecular formula is C15H21NO2. The summed E-state index contributed by atoms with van der Waals surface area (Å²) in [5.41, 5.74) is 3.40. The highest BCUT2D eigenvalue weighted by Gasteiger charge is 2.22. The lowest BCUT2D eigenvalue weighted by atomic mass is 9.87. The Hall–Kier alpha value is -1.35. The smallest absolute Gasteiger partial charge is 0.227 e. The molecule has 1 heterocycles. The van der Waals surface area contributed by atoms with Gasteiger partial charge in [0.2, 0.25) is 5.91 Å². The molecule has 3 nitrogen and oxygen atoms in total. The maximum Gasteiger partial charge on any atom is 0.227 e. The van der Waals surface area contributed by atoms with E-state index in [1.165, 1.54) is 11.1 Å². The average Bonchev–Trinajstić information content (AvgIpc) is 2.34. The summed E-state index contributed by atoms with van der Waals surface area (Å²) in [6.45, 7) is 4.41. The van der Waals surface area contributed by atoms with Crippen molar-refractivity contribution in [2.24, 2.45) is 5.92 Å². The van der Waals surface area contributed by atoms with Crippen molar-refractivity contribution in [1.29, 1.82) is 0 Å². The molecule has 1 aromatic carbocycles. The van der Waals surface area contributed by atoms with E-state index < -0.39 is 0 Å². The molecule has 0 aliphatic carbocycles. The molecule has 0 saturated heterocycles. The van der Waals surface area contributed by atoms with Crippen molar-refractivity contribution in [3.8, 4) is 0 Å². The standard InChI is InChI=1S/C15H21NO2/c1-10(2)13(9-17)11-4-6-14-12(8-11)5-7-15(18)16(14)3/h4,6,8,10,13,17H,5,7,9H2,1-3H3. The van der Waals surface area contributed by atoms with E-state index in [-0.39, 0.29) is 18.4 Å². The summed E-state index contributed by atoms with van der Waals surface area (Å²) in [6, 6.07) is 6.20. The number of aryl methyl sites for hydroxylation is 1. The van der Waals surface area contributed by atoms with E-state index in [1.54, 1.807) is 4.90 Å². The van der Waals surface area contributed by atoms with Crippen molar-refractivity contribution in [3.05, 3.63) is 29.3 Å². The number of aliphatic hydroxyl groups excluding tert-OH is 1. The van der Waals surface area contributed by atoms with Crippen molar-refractivity contribution >= 4 is 11.6 Å². The van der Waals surface area contributed by atoms with Gasteiger partial charge in [-0.05, 0) is 29.5 Å². The summed E-state index contributed by atoms with van der Waals surface area (Å²) < 4.78 is 0. The molecule has 1 N–H and O–H groups in total. The SMILES string of the molecule is CC(C)C(CO)c1ccc2c(c1)CCC(=O)N2C. The second-order valence-corrected chi connectivity index (χ2v) is 5.37. The van der Waals surface area contributed by atoms with Crippen molar-refractivity contribution in [2.75, 3.05) is 18.6 Å². The molecule has 1 atom stereocenters. The molecule has 0 saturated carbocycles. The van der Waals surface area contributed by atoms with Crippen LogP contribution in [-0.4, -0.2) is 24.7 Å². The fourth-order valence-electron chi connectivity index (χ4n) is 2.61. The van der Waals surface area contributed by atoms with Gasteiger partial charge in [0.05, 0.1) is 6.61 Å². The first-order valence-corrected chi connectivity index (χ1v) is 6.54. The first-order chi connectivity index (χ1) is 8.54. The molecule has 0 bridgehead atoms. The van der Waals surface area contributed by atoms with Crippen LogP contribution in [0.15, 0.2) is 18.2 Å². The van der Waals surface area contributed by atoms with Crippen molar-refractivity contribution < 1.29 is 9.90 Å². The molecule has 3 heteroatoms. The molecule has 98 valence electrons. The Kier molecular flexibility index (Phi) is 3.71. The minimum absolute atomic E-state index is 0.172. The zero-order chi connectivity index (χ0) is 13.3. The molecule has 1 aromatic rings. The third-order valence-electron chi connectivity index (χ3n) is 3.88. The third-order valence-corrected chi connectivity index (χ3v) is 3.88. The van der Waals surface area contributed by atoms with Gasteiger partial charge in [0.15, 0.2) is 0 Å². The van der Waals surface area contributed by atoms with Crippen LogP contribution < -0.4 is 4.90 Å². The summed E-state index contributed by atoms with van der Waals surface area (Å²) in [6.07, 6.45) is 1.39. The topological polar surface area (TPSA) is 40.5 Å². The fraction of sp³-hybridized carbons (Fsp3) is 0.533. The zero-order valence-electron chi connectivity index (χ0n) is 11.3. The summed E-state index contributed by atoms with van der Waals surface area (Å²) in [5.74, 6) is 0.770. The largest absolute Gasteiger partial charge is 0.396 e. The van der Waals surface area contributed by atoms with Crippen LogP contribution in [-0.2, 0) is 11.2 Å². The molecular weight excluding hydrogens is 226 g/mol. The van der Waals surface area contributed by atoms with Crippen LogP contribution in [0, 0.1) is 5.92 Å². The molecule has 2 rings (SSSR count). The molecule has 1 aliphatic rings. The van der Waals surface area contributed by atoms with E-state index in [2.05, 4.69) is 19.9 Å². The van der Waals surface area contributed by atoms with Gasteiger partial charge < -0.3 is 10.0 Å². The quantitative estimate of drug-likeness (QED) is 0.890. The number of hydrogen-bond acceptors (Lipinski definition) is 2. The van der Waals surface area contributed by atoms with Crippen LogP contribution in [0.5, 0.6) is 0 Å². The highest BCUT2D eigenvalue weighted by Crippen LogP contribution is 2.32. The Morgan fingerprint density at radius 2 is 2.06 bits per heavy atom. The molecule has 0 aromatic heterocycles. The van der Waals surface area contributed by atoms with Crippen LogP contribution in [0.2, 0.25) is 0 Å². The molecule has 18 heavy (non-hydrogen) atoms. The minimum atomic E-state index is 0.172. The number of carbonyl (C=O) groups excluding carboxylic acids is 1. The molecule has 0 radical (unpaired) electrons. The Balaban J connectivity index is 2.36. The Labute approximate surface area is 108 Å². The lowest BCUT2D eigenvalue weighted by Gasteiger charge is -2.27. The van der Waals surface area contributed by atoms with Gasteiger partial charge in [0, 0.05) is 25.1 Å². The van der Waals surface area contributed by atoms with Crippen LogP contribution >= 0.6 is 0 Å². The van der Waals surface area contributed by atoms with Crippen molar-refractivity contribution in [1.82, 2.24) is 0 Å². The fourth-order valence-corrected chi connectivity index (χ4v) is 2.61. The molecule has 1 aliphatic heterocycles. The number of hydrogen-bond donors (Lipinski definition) is 1. The Bertz CT molecular complexity index is 454. The average molecular weight is 247 g/mol. The van der Waals surface area contributed by atoms with E-state index in [0.717, 1.165) is 12.1 Å². The van der Waals surface area contributed by atoms with Gasteiger partial charge in [-0.1, -0.05) is 26.0 Å². The number of anilines is 1. The van der Waals surface area contributed by atoms with Crippen molar-refractivity contribution in [3.63, 3.8) is 0 Å². The van der Waals surface area contributed by atoms with Gasteiger partial charge in [-0.25, -0.2) is 0 Å². The number of fused-ring (bicyclic) bond motifs is 1. The van der Waals surface area contributed by atoms with Gasteiger partial charge in [-0.2, -0.15) is 0 Å². The van der Waals surface area contributed by atoms with Gasteiger partial charge in [0.1, 0.15) is 0 Å². The predicted molar refractivity (Wildman–Crippen MR) is 72.8 cm³/mol. The van der Waals surface area contributed by atoms with Gasteiger partial charge >= 0.3 is 0 Å². The van der Waals surface area contributed by atoms with E-state index in [0.29, 0.717) is 12.3 Å². The summed E-state index contributed by atoms with van der Waals surface area (Å²) in [4.78, 5) is 13.4. The summed E-state index contributed by atoms with van der Waals surface area (Å²) >= 11 is 0. The minimum Gasteiger partial charge on any atom is -0.396 e. The second kappa shape index (κ2) is 5.11. The molecule has 0 spiro atoms. The van der Waals surface area contributed by atoms with E-state index in [4.69, 9.17) is 0 Å². The monoisotopic (exact) mass is 247 g/mol. The second-order valence-electron chi connectivity index (χ2n) is 5.37. The zero-order valence-corrected chi connectivity index (χ0v) is 11.3. The Morgan fingerprint density at radius 3 is 2.67 bits per heavy atom. The normalized spacial score (nSPS) is 16.9. The van der Waals surface area contributed by atoms with Gasteiger partial charge in [0.25, 0.3) is 0 Å². The number of amides is 1. The van der Waals surface area contributed by atoms with Crippen LogP contribution in [0.4, 0.5) is 5.69 Å². The van der Waals surface area contributed by atoms with Gasteiger partial charge in [-0.15, -0.1) is 0 Å². The van der Waals surface area contributed by atoms with Crippen LogP contribution in [0.3, 0.4) is 0 Å². The number of nitrogens with zero attached hydrogens (tertiary/aromatic N) is 1. The lowest BCUT2D eigenvalue weighted by molar-refractivity contribution is -0.118. The maximum absolute atomic E-state index is 11.6. The first-order valence-electron chi connectivity index (χ1n) is 6.54. The lowest BCUT2D eigenvalue weighted by Crippen LogP contribution is -2.31. The van der Waals surface area contributed by atoms with E-state index in [9.17, 15) is 9.90 Å².